The van der Waals surface area contributed by atoms with Gasteiger partial charge in [-0.25, -0.2) is 4.79 Å². The Morgan fingerprint density at radius 1 is 1.19 bits per heavy atom. The van der Waals surface area contributed by atoms with Crippen LogP contribution in [0.25, 0.3) is 6.08 Å². The molecule has 1 heterocycles. The van der Waals surface area contributed by atoms with Gasteiger partial charge in [-0.2, -0.15) is 11.8 Å². The van der Waals surface area contributed by atoms with E-state index in [2.05, 4.69) is 5.32 Å². The third kappa shape index (κ3) is 5.82. The SMILES string of the molecule is COc1ccc(/C=C2\Oc3cc(OCC(=O)N[C@H](CCSC)C(=O)O)ccc3C2=O)cc1. The first kappa shape index (κ1) is 23.2. The Labute approximate surface area is 189 Å². The van der Waals surface area contributed by atoms with E-state index in [4.69, 9.17) is 14.2 Å². The minimum atomic E-state index is -1.09. The number of carboxylic acids is 1. The summed E-state index contributed by atoms with van der Waals surface area (Å²) in [6.07, 6.45) is 3.82. The molecule has 2 aromatic rings. The number of carboxylic acid groups (broad SMARTS) is 1. The van der Waals surface area contributed by atoms with E-state index in [1.165, 1.54) is 17.8 Å². The Balaban J connectivity index is 1.62. The third-order valence-corrected chi connectivity index (χ3v) is 5.31. The van der Waals surface area contributed by atoms with Crippen molar-refractivity contribution in [1.29, 1.82) is 0 Å². The van der Waals surface area contributed by atoms with Crippen molar-refractivity contribution in [3.63, 3.8) is 0 Å². The normalized spacial score (nSPS) is 14.4. The second-order valence-corrected chi connectivity index (χ2v) is 7.88. The van der Waals surface area contributed by atoms with Crippen molar-refractivity contribution in [2.75, 3.05) is 25.7 Å². The van der Waals surface area contributed by atoms with E-state index < -0.39 is 17.9 Å². The Kier molecular flexibility index (Phi) is 7.77. The van der Waals surface area contributed by atoms with Crippen molar-refractivity contribution in [3.8, 4) is 17.2 Å². The number of thioether (sulfide) groups is 1. The zero-order valence-corrected chi connectivity index (χ0v) is 18.4. The molecule has 2 N–H and O–H groups in total. The fourth-order valence-corrected chi connectivity index (χ4v) is 3.46. The summed E-state index contributed by atoms with van der Waals surface area (Å²) in [6.45, 7) is -0.357. The molecule has 0 saturated carbocycles. The van der Waals surface area contributed by atoms with Crippen LogP contribution in [0.5, 0.6) is 17.2 Å². The number of amides is 1. The predicted molar refractivity (Wildman–Crippen MR) is 120 cm³/mol. The number of fused-ring (bicyclic) bond motifs is 1. The number of carbonyl (C=O) groups is 3. The molecule has 2 aromatic carbocycles. The molecule has 9 heteroatoms. The van der Waals surface area contributed by atoms with E-state index in [0.29, 0.717) is 35.0 Å². The lowest BCUT2D eigenvalue weighted by molar-refractivity contribution is -0.142. The largest absolute Gasteiger partial charge is 0.497 e. The van der Waals surface area contributed by atoms with Crippen LogP contribution in [0.15, 0.2) is 48.2 Å². The molecule has 0 aromatic heterocycles. The minimum Gasteiger partial charge on any atom is -0.497 e. The molecule has 3 rings (SSSR count). The van der Waals surface area contributed by atoms with Crippen LogP contribution >= 0.6 is 11.8 Å². The maximum atomic E-state index is 12.6. The van der Waals surface area contributed by atoms with Crippen molar-refractivity contribution >= 4 is 35.5 Å². The van der Waals surface area contributed by atoms with Gasteiger partial charge in [0.1, 0.15) is 23.3 Å². The minimum absolute atomic E-state index is 0.179. The topological polar surface area (TPSA) is 111 Å². The van der Waals surface area contributed by atoms with E-state index in [9.17, 15) is 19.5 Å². The molecule has 0 unspecified atom stereocenters. The Morgan fingerprint density at radius 2 is 1.91 bits per heavy atom. The first-order valence-corrected chi connectivity index (χ1v) is 11.2. The second-order valence-electron chi connectivity index (χ2n) is 6.90. The van der Waals surface area contributed by atoms with Crippen LogP contribution < -0.4 is 19.5 Å². The number of hydrogen-bond donors (Lipinski definition) is 2. The van der Waals surface area contributed by atoms with E-state index in [1.807, 2.05) is 18.4 Å². The highest BCUT2D eigenvalue weighted by Crippen LogP contribution is 2.35. The van der Waals surface area contributed by atoms with Crippen LogP contribution in [-0.4, -0.2) is 54.5 Å². The number of Topliss-reactive ketones (excluding diaryl/α,β-unsaturated/α-hetero) is 1. The van der Waals surface area contributed by atoms with Gasteiger partial charge in [-0.1, -0.05) is 12.1 Å². The molecule has 1 aliphatic heterocycles. The first-order chi connectivity index (χ1) is 15.4. The highest BCUT2D eigenvalue weighted by molar-refractivity contribution is 7.98. The zero-order chi connectivity index (χ0) is 23.1. The number of methoxy groups -OCH3 is 1. The van der Waals surface area contributed by atoms with Crippen LogP contribution in [0, 0.1) is 0 Å². The molecule has 1 atom stereocenters. The van der Waals surface area contributed by atoms with Gasteiger partial charge in [-0.15, -0.1) is 0 Å². The molecule has 32 heavy (non-hydrogen) atoms. The number of benzene rings is 2. The highest BCUT2D eigenvalue weighted by Gasteiger charge is 2.28. The van der Waals surface area contributed by atoms with Crippen LogP contribution in [0.2, 0.25) is 0 Å². The molecular weight excluding hydrogens is 434 g/mol. The molecule has 0 saturated heterocycles. The molecular formula is C23H23NO7S. The summed E-state index contributed by atoms with van der Waals surface area (Å²) in [6, 6.07) is 10.9. The molecule has 0 spiro atoms. The standard InChI is InChI=1S/C23H23NO7S/c1-29-15-5-3-14(4-6-15)11-20-22(26)17-8-7-16(12-19(17)31-20)30-13-21(25)24-18(23(27)28)9-10-32-2/h3-8,11-12,18H,9-10,13H2,1-2H3,(H,24,25)(H,27,28)/b20-11-/t18-/m1/s1. The number of nitrogens with one attached hydrogen (secondary N) is 1. The smallest absolute Gasteiger partial charge is 0.326 e. The average molecular weight is 458 g/mol. The van der Waals surface area contributed by atoms with Gasteiger partial charge in [-0.05, 0) is 54.3 Å². The van der Waals surface area contributed by atoms with Crippen molar-refractivity contribution < 1.29 is 33.7 Å². The summed E-state index contributed by atoms with van der Waals surface area (Å²) in [5, 5.41) is 11.6. The number of ether oxygens (including phenoxy) is 3. The summed E-state index contributed by atoms with van der Waals surface area (Å²) in [7, 11) is 1.58. The quantitative estimate of drug-likeness (QED) is 0.524. The number of rotatable bonds is 10. The molecule has 0 radical (unpaired) electrons. The summed E-state index contributed by atoms with van der Waals surface area (Å²) in [5.74, 6) is 0.268. The number of aliphatic carboxylic acids is 1. The van der Waals surface area contributed by atoms with Crippen LogP contribution in [0.4, 0.5) is 0 Å². The average Bonchev–Trinajstić information content (AvgIpc) is 3.10. The lowest BCUT2D eigenvalue weighted by atomic mass is 10.1. The van der Waals surface area contributed by atoms with Crippen molar-refractivity contribution in [2.24, 2.45) is 0 Å². The van der Waals surface area contributed by atoms with E-state index in [-0.39, 0.29) is 18.1 Å². The van der Waals surface area contributed by atoms with Gasteiger partial charge in [0.15, 0.2) is 12.4 Å². The number of allylic oxidation sites excluding steroid dienone is 1. The van der Waals surface area contributed by atoms with E-state index in [0.717, 1.165) is 5.56 Å². The maximum absolute atomic E-state index is 12.6. The maximum Gasteiger partial charge on any atom is 0.326 e. The van der Waals surface area contributed by atoms with Gasteiger partial charge < -0.3 is 24.6 Å². The predicted octanol–water partition coefficient (Wildman–Crippen LogP) is 3.01. The summed E-state index contributed by atoms with van der Waals surface area (Å²) < 4.78 is 16.3. The molecule has 1 aliphatic rings. The summed E-state index contributed by atoms with van der Waals surface area (Å²) in [4.78, 5) is 35.9. The van der Waals surface area contributed by atoms with Crippen molar-refractivity contribution in [1.82, 2.24) is 5.32 Å². The lowest BCUT2D eigenvalue weighted by Crippen LogP contribution is -2.43. The molecule has 0 bridgehead atoms. The number of hydrogen-bond acceptors (Lipinski definition) is 7. The van der Waals surface area contributed by atoms with Crippen molar-refractivity contribution in [2.45, 2.75) is 12.5 Å². The van der Waals surface area contributed by atoms with Crippen molar-refractivity contribution in [3.05, 3.63) is 59.4 Å². The van der Waals surface area contributed by atoms with Gasteiger partial charge in [0, 0.05) is 6.07 Å². The van der Waals surface area contributed by atoms with Gasteiger partial charge >= 0.3 is 5.97 Å². The molecule has 168 valence electrons. The van der Waals surface area contributed by atoms with Crippen LogP contribution in [0.3, 0.4) is 0 Å². The molecule has 0 fully saturated rings. The monoisotopic (exact) mass is 457 g/mol. The lowest BCUT2D eigenvalue weighted by Gasteiger charge is -2.14. The number of ketones is 1. The fourth-order valence-electron chi connectivity index (χ4n) is 2.99. The van der Waals surface area contributed by atoms with E-state index in [1.54, 1.807) is 37.5 Å². The Bertz CT molecular complexity index is 1030. The molecule has 0 aliphatic carbocycles. The van der Waals surface area contributed by atoms with Gasteiger partial charge in [-0.3, -0.25) is 9.59 Å². The molecule has 1 amide bonds. The number of carbonyl (C=O) groups excluding carboxylic acids is 2. The summed E-state index contributed by atoms with van der Waals surface area (Å²) >= 11 is 1.50. The Morgan fingerprint density at radius 3 is 2.56 bits per heavy atom. The van der Waals surface area contributed by atoms with E-state index >= 15 is 0 Å². The van der Waals surface area contributed by atoms with Gasteiger partial charge in [0.05, 0.1) is 12.7 Å². The second kappa shape index (κ2) is 10.7. The van der Waals surface area contributed by atoms with Gasteiger partial charge in [0.25, 0.3) is 5.91 Å². The molecule has 8 nitrogen and oxygen atoms in total. The Hall–Kier alpha value is -3.46. The first-order valence-electron chi connectivity index (χ1n) is 9.77. The fraction of sp³-hybridized carbons (Fsp3) is 0.261. The van der Waals surface area contributed by atoms with Crippen LogP contribution in [-0.2, 0) is 9.59 Å². The zero-order valence-electron chi connectivity index (χ0n) is 17.6. The van der Waals surface area contributed by atoms with Gasteiger partial charge in [0.2, 0.25) is 5.78 Å². The third-order valence-electron chi connectivity index (χ3n) is 4.67. The van der Waals surface area contributed by atoms with Crippen LogP contribution in [0.1, 0.15) is 22.3 Å². The summed E-state index contributed by atoms with van der Waals surface area (Å²) in [5.41, 5.74) is 1.18. The highest BCUT2D eigenvalue weighted by atomic mass is 32.2.